The SMILES string of the molecule is COCCN(C)C[C@@H]1CN(C(=O)c2c(C)nn3c(C)cc(C)nc23)C[C@@H]1CO. The highest BCUT2D eigenvalue weighted by atomic mass is 16.5. The van der Waals surface area contributed by atoms with E-state index < -0.39 is 0 Å². The van der Waals surface area contributed by atoms with E-state index in [0.717, 1.165) is 24.5 Å². The molecule has 2 atom stereocenters. The number of hydrogen-bond donors (Lipinski definition) is 1. The minimum atomic E-state index is -0.0505. The summed E-state index contributed by atoms with van der Waals surface area (Å²) in [5, 5.41) is 14.4. The van der Waals surface area contributed by atoms with Gasteiger partial charge >= 0.3 is 0 Å². The molecule has 1 saturated heterocycles. The fourth-order valence-corrected chi connectivity index (χ4v) is 4.09. The molecule has 1 N–H and O–H groups in total. The average molecular weight is 390 g/mol. The number of aliphatic hydroxyl groups is 1. The van der Waals surface area contributed by atoms with Gasteiger partial charge in [0.15, 0.2) is 5.65 Å². The zero-order valence-electron chi connectivity index (χ0n) is 17.5. The summed E-state index contributed by atoms with van der Waals surface area (Å²) in [7, 11) is 3.74. The van der Waals surface area contributed by atoms with Gasteiger partial charge < -0.3 is 19.6 Å². The zero-order valence-corrected chi connectivity index (χ0v) is 17.5. The fourth-order valence-electron chi connectivity index (χ4n) is 4.09. The Morgan fingerprint density at radius 3 is 2.71 bits per heavy atom. The number of rotatable bonds is 7. The number of nitrogens with zero attached hydrogens (tertiary/aromatic N) is 5. The molecule has 1 fully saturated rings. The second-order valence-corrected chi connectivity index (χ2v) is 7.90. The smallest absolute Gasteiger partial charge is 0.259 e. The van der Waals surface area contributed by atoms with Crippen LogP contribution in [-0.2, 0) is 4.74 Å². The van der Waals surface area contributed by atoms with Crippen LogP contribution in [0.15, 0.2) is 6.07 Å². The van der Waals surface area contributed by atoms with Gasteiger partial charge in [-0.3, -0.25) is 4.79 Å². The second-order valence-electron chi connectivity index (χ2n) is 7.90. The molecule has 0 radical (unpaired) electrons. The van der Waals surface area contributed by atoms with Crippen molar-refractivity contribution >= 4 is 11.6 Å². The normalized spacial score (nSPS) is 19.9. The summed E-state index contributed by atoms with van der Waals surface area (Å²) in [6, 6.07) is 1.96. The van der Waals surface area contributed by atoms with E-state index in [-0.39, 0.29) is 24.3 Å². The molecule has 0 unspecified atom stereocenters. The van der Waals surface area contributed by atoms with Crippen LogP contribution in [-0.4, -0.2) is 89.0 Å². The van der Waals surface area contributed by atoms with Crippen LogP contribution in [0.2, 0.25) is 0 Å². The van der Waals surface area contributed by atoms with Crippen molar-refractivity contribution in [1.29, 1.82) is 0 Å². The molecule has 2 aromatic heterocycles. The molecule has 8 nitrogen and oxygen atoms in total. The van der Waals surface area contributed by atoms with Gasteiger partial charge in [-0.25, -0.2) is 9.50 Å². The molecular weight excluding hydrogens is 358 g/mol. The zero-order chi connectivity index (χ0) is 20.4. The molecule has 2 aromatic rings. The number of carbonyl (C=O) groups is 1. The highest BCUT2D eigenvalue weighted by Crippen LogP contribution is 2.27. The van der Waals surface area contributed by atoms with Crippen LogP contribution in [0, 0.1) is 32.6 Å². The molecular formula is C20H31N5O3. The number of amides is 1. The summed E-state index contributed by atoms with van der Waals surface area (Å²) in [6.45, 7) is 9.32. The van der Waals surface area contributed by atoms with Gasteiger partial charge in [0.2, 0.25) is 0 Å². The van der Waals surface area contributed by atoms with E-state index >= 15 is 0 Å². The maximum absolute atomic E-state index is 13.3. The van der Waals surface area contributed by atoms with E-state index in [0.29, 0.717) is 36.6 Å². The number of likely N-dealkylation sites (N-methyl/N-ethyl adjacent to an activating group) is 1. The third-order valence-electron chi connectivity index (χ3n) is 5.61. The Kier molecular flexibility index (Phi) is 6.32. The van der Waals surface area contributed by atoms with Crippen molar-refractivity contribution in [2.45, 2.75) is 20.8 Å². The molecule has 0 aromatic carbocycles. The topological polar surface area (TPSA) is 83.2 Å². The monoisotopic (exact) mass is 389 g/mol. The first-order valence-electron chi connectivity index (χ1n) is 9.76. The number of hydrogen-bond acceptors (Lipinski definition) is 6. The standard InChI is InChI=1S/C20H31N5O3/c1-13-8-14(2)25-19(21-13)18(15(3)22-25)20(27)24-10-16(17(11-24)12-26)9-23(4)6-7-28-5/h8,16-17,26H,6-7,9-12H2,1-5H3/t16-,17-/m1/s1. The number of ether oxygens (including phenoxy) is 1. The number of methoxy groups -OCH3 is 1. The van der Waals surface area contributed by atoms with Crippen molar-refractivity contribution in [3.8, 4) is 0 Å². The highest BCUT2D eigenvalue weighted by Gasteiger charge is 2.37. The molecule has 3 heterocycles. The number of aryl methyl sites for hydroxylation is 3. The van der Waals surface area contributed by atoms with Gasteiger partial charge in [0.25, 0.3) is 5.91 Å². The molecule has 3 rings (SSSR count). The minimum absolute atomic E-state index is 0.0505. The van der Waals surface area contributed by atoms with Crippen molar-refractivity contribution in [1.82, 2.24) is 24.4 Å². The van der Waals surface area contributed by atoms with Gasteiger partial charge in [-0.15, -0.1) is 0 Å². The molecule has 8 heteroatoms. The lowest BCUT2D eigenvalue weighted by molar-refractivity contribution is 0.0779. The van der Waals surface area contributed by atoms with Gasteiger partial charge in [-0.2, -0.15) is 5.10 Å². The van der Waals surface area contributed by atoms with E-state index in [9.17, 15) is 9.90 Å². The van der Waals surface area contributed by atoms with Gasteiger partial charge in [0, 0.05) is 57.2 Å². The number of likely N-dealkylation sites (tertiary alicyclic amines) is 1. The van der Waals surface area contributed by atoms with Gasteiger partial charge in [0.1, 0.15) is 5.56 Å². The molecule has 1 amide bonds. The molecule has 154 valence electrons. The summed E-state index contributed by atoms with van der Waals surface area (Å²) < 4.78 is 6.88. The summed E-state index contributed by atoms with van der Waals surface area (Å²) in [5.41, 5.74) is 3.69. The second kappa shape index (κ2) is 8.55. The minimum Gasteiger partial charge on any atom is -0.396 e. The van der Waals surface area contributed by atoms with Crippen molar-refractivity contribution in [2.24, 2.45) is 11.8 Å². The van der Waals surface area contributed by atoms with E-state index in [1.54, 1.807) is 11.6 Å². The Balaban J connectivity index is 1.82. The first kappa shape index (κ1) is 20.7. The maximum Gasteiger partial charge on any atom is 0.259 e. The van der Waals surface area contributed by atoms with Crippen molar-refractivity contribution in [3.63, 3.8) is 0 Å². The molecule has 0 saturated carbocycles. The summed E-state index contributed by atoms with van der Waals surface area (Å²) in [5.74, 6) is 0.257. The Hall–Kier alpha value is -2.03. The van der Waals surface area contributed by atoms with Crippen LogP contribution in [0.5, 0.6) is 0 Å². The predicted octanol–water partition coefficient (Wildman–Crippen LogP) is 0.913. The first-order chi connectivity index (χ1) is 13.3. The lowest BCUT2D eigenvalue weighted by atomic mass is 9.96. The highest BCUT2D eigenvalue weighted by molar-refractivity contribution is 6.01. The van der Waals surface area contributed by atoms with Crippen molar-refractivity contribution < 1.29 is 14.6 Å². The van der Waals surface area contributed by atoms with Crippen LogP contribution in [0.4, 0.5) is 0 Å². The third-order valence-corrected chi connectivity index (χ3v) is 5.61. The number of aliphatic hydroxyl groups excluding tert-OH is 1. The number of carbonyl (C=O) groups excluding carboxylic acids is 1. The largest absolute Gasteiger partial charge is 0.396 e. The first-order valence-corrected chi connectivity index (χ1v) is 9.76. The average Bonchev–Trinajstić information content (AvgIpc) is 3.20. The Morgan fingerprint density at radius 1 is 1.32 bits per heavy atom. The van der Waals surface area contributed by atoms with Crippen LogP contribution < -0.4 is 0 Å². The van der Waals surface area contributed by atoms with Gasteiger partial charge in [0.05, 0.1) is 12.3 Å². The Morgan fingerprint density at radius 2 is 2.04 bits per heavy atom. The van der Waals surface area contributed by atoms with Crippen molar-refractivity contribution in [3.05, 3.63) is 28.7 Å². The number of fused-ring (bicyclic) bond motifs is 1. The molecule has 1 aliphatic rings. The lowest BCUT2D eigenvalue weighted by Crippen LogP contribution is -2.34. The van der Waals surface area contributed by atoms with Crippen LogP contribution >= 0.6 is 0 Å². The Labute approximate surface area is 166 Å². The summed E-state index contributed by atoms with van der Waals surface area (Å²) in [6.07, 6.45) is 0. The third kappa shape index (κ3) is 4.04. The van der Waals surface area contributed by atoms with E-state index in [1.165, 1.54) is 0 Å². The maximum atomic E-state index is 13.3. The van der Waals surface area contributed by atoms with Crippen LogP contribution in [0.25, 0.3) is 5.65 Å². The van der Waals surface area contributed by atoms with E-state index in [4.69, 9.17) is 4.74 Å². The van der Waals surface area contributed by atoms with Gasteiger partial charge in [-0.05, 0) is 39.8 Å². The van der Waals surface area contributed by atoms with Crippen LogP contribution in [0.1, 0.15) is 27.4 Å². The molecule has 0 spiro atoms. The quantitative estimate of drug-likeness (QED) is 0.758. The summed E-state index contributed by atoms with van der Waals surface area (Å²) in [4.78, 5) is 22.0. The molecule has 28 heavy (non-hydrogen) atoms. The fraction of sp³-hybridized carbons (Fsp3) is 0.650. The van der Waals surface area contributed by atoms with Gasteiger partial charge in [-0.1, -0.05) is 0 Å². The lowest BCUT2D eigenvalue weighted by Gasteiger charge is -2.23. The van der Waals surface area contributed by atoms with E-state index in [2.05, 4.69) is 15.0 Å². The van der Waals surface area contributed by atoms with Crippen molar-refractivity contribution in [2.75, 3.05) is 53.6 Å². The van der Waals surface area contributed by atoms with E-state index in [1.807, 2.05) is 38.8 Å². The Bertz CT molecular complexity index is 850. The molecule has 0 aliphatic carbocycles. The van der Waals surface area contributed by atoms with Crippen LogP contribution in [0.3, 0.4) is 0 Å². The summed E-state index contributed by atoms with van der Waals surface area (Å²) >= 11 is 0. The molecule has 1 aliphatic heterocycles. The molecule has 0 bridgehead atoms. The predicted molar refractivity (Wildman–Crippen MR) is 107 cm³/mol. The number of aromatic nitrogens is 3.